The van der Waals surface area contributed by atoms with Crippen molar-refractivity contribution in [2.75, 3.05) is 11.9 Å². The third kappa shape index (κ3) is 2.23. The minimum atomic E-state index is 0.0827. The summed E-state index contributed by atoms with van der Waals surface area (Å²) in [4.78, 5) is 0. The Balaban J connectivity index is 1.86. The van der Waals surface area contributed by atoms with Gasteiger partial charge in [-0.15, -0.1) is 0 Å². The van der Waals surface area contributed by atoms with Gasteiger partial charge in [0.05, 0.1) is 12.2 Å². The zero-order chi connectivity index (χ0) is 12.5. The SMILES string of the molecule is Cc1ccc(C2CNc3cc(Br)ccc3O2)cc1. The lowest BCUT2D eigenvalue weighted by atomic mass is 10.1. The Morgan fingerprint density at radius 1 is 1.17 bits per heavy atom. The van der Waals surface area contributed by atoms with Gasteiger partial charge in [-0.05, 0) is 30.7 Å². The summed E-state index contributed by atoms with van der Waals surface area (Å²) in [5.74, 6) is 0.912. The number of anilines is 1. The van der Waals surface area contributed by atoms with E-state index in [-0.39, 0.29) is 6.10 Å². The van der Waals surface area contributed by atoms with Crippen molar-refractivity contribution in [3.8, 4) is 5.75 Å². The summed E-state index contributed by atoms with van der Waals surface area (Å²) in [5, 5.41) is 3.41. The first kappa shape index (κ1) is 11.6. The number of hydrogen-bond donors (Lipinski definition) is 1. The molecule has 1 unspecified atom stereocenters. The van der Waals surface area contributed by atoms with Crippen molar-refractivity contribution in [3.63, 3.8) is 0 Å². The second-order valence-corrected chi connectivity index (χ2v) is 5.45. The fourth-order valence-corrected chi connectivity index (χ4v) is 2.47. The fourth-order valence-electron chi connectivity index (χ4n) is 2.11. The Bertz CT molecular complexity index is 565. The molecule has 1 atom stereocenters. The van der Waals surface area contributed by atoms with Crippen LogP contribution in [0.15, 0.2) is 46.9 Å². The molecule has 2 aromatic carbocycles. The highest BCUT2D eigenvalue weighted by atomic mass is 79.9. The van der Waals surface area contributed by atoms with E-state index in [9.17, 15) is 0 Å². The van der Waals surface area contributed by atoms with Crippen molar-refractivity contribution in [2.45, 2.75) is 13.0 Å². The summed E-state index contributed by atoms with van der Waals surface area (Å²) in [6, 6.07) is 14.5. The van der Waals surface area contributed by atoms with Crippen LogP contribution in [0.25, 0.3) is 0 Å². The van der Waals surface area contributed by atoms with Crippen LogP contribution in [0.5, 0.6) is 5.75 Å². The number of benzene rings is 2. The van der Waals surface area contributed by atoms with E-state index in [4.69, 9.17) is 4.74 Å². The Labute approximate surface area is 115 Å². The molecule has 0 radical (unpaired) electrons. The summed E-state index contributed by atoms with van der Waals surface area (Å²) >= 11 is 3.46. The van der Waals surface area contributed by atoms with Crippen molar-refractivity contribution >= 4 is 21.6 Å². The van der Waals surface area contributed by atoms with E-state index >= 15 is 0 Å². The number of rotatable bonds is 1. The van der Waals surface area contributed by atoms with Crippen molar-refractivity contribution in [1.29, 1.82) is 0 Å². The Hall–Kier alpha value is -1.48. The van der Waals surface area contributed by atoms with Crippen LogP contribution in [-0.4, -0.2) is 6.54 Å². The van der Waals surface area contributed by atoms with Crippen LogP contribution >= 0.6 is 15.9 Å². The zero-order valence-electron chi connectivity index (χ0n) is 10.1. The Morgan fingerprint density at radius 3 is 2.72 bits per heavy atom. The molecule has 18 heavy (non-hydrogen) atoms. The molecule has 2 aromatic rings. The molecule has 1 aliphatic rings. The smallest absolute Gasteiger partial charge is 0.143 e. The summed E-state index contributed by atoms with van der Waals surface area (Å²) in [6.07, 6.45) is 0.0827. The minimum absolute atomic E-state index is 0.0827. The van der Waals surface area contributed by atoms with Crippen molar-refractivity contribution in [1.82, 2.24) is 0 Å². The van der Waals surface area contributed by atoms with E-state index in [1.54, 1.807) is 0 Å². The maximum atomic E-state index is 6.03. The van der Waals surface area contributed by atoms with E-state index < -0.39 is 0 Å². The molecule has 0 saturated carbocycles. The molecule has 92 valence electrons. The van der Waals surface area contributed by atoms with Gasteiger partial charge >= 0.3 is 0 Å². The molecular formula is C15H14BrNO. The van der Waals surface area contributed by atoms with Gasteiger partial charge in [-0.25, -0.2) is 0 Å². The average Bonchev–Trinajstić information content (AvgIpc) is 2.39. The highest BCUT2D eigenvalue weighted by Gasteiger charge is 2.20. The third-order valence-electron chi connectivity index (χ3n) is 3.14. The summed E-state index contributed by atoms with van der Waals surface area (Å²) in [5.41, 5.74) is 3.53. The number of fused-ring (bicyclic) bond motifs is 1. The molecule has 1 aliphatic heterocycles. The van der Waals surface area contributed by atoms with Crippen LogP contribution in [0.1, 0.15) is 17.2 Å². The van der Waals surface area contributed by atoms with Crippen molar-refractivity contribution in [3.05, 3.63) is 58.1 Å². The van der Waals surface area contributed by atoms with Crippen LogP contribution in [0.4, 0.5) is 5.69 Å². The van der Waals surface area contributed by atoms with E-state index in [0.29, 0.717) is 0 Å². The Kier molecular flexibility index (Phi) is 3.00. The van der Waals surface area contributed by atoms with Crippen LogP contribution < -0.4 is 10.1 Å². The maximum absolute atomic E-state index is 6.03. The topological polar surface area (TPSA) is 21.3 Å². The van der Waals surface area contributed by atoms with Gasteiger partial charge in [0.2, 0.25) is 0 Å². The van der Waals surface area contributed by atoms with Gasteiger partial charge in [0.1, 0.15) is 11.9 Å². The summed E-state index contributed by atoms with van der Waals surface area (Å²) in [7, 11) is 0. The number of aryl methyl sites for hydroxylation is 1. The average molecular weight is 304 g/mol. The van der Waals surface area contributed by atoms with Gasteiger partial charge in [0, 0.05) is 4.47 Å². The predicted molar refractivity (Wildman–Crippen MR) is 77.2 cm³/mol. The van der Waals surface area contributed by atoms with E-state index in [0.717, 1.165) is 22.5 Å². The first-order chi connectivity index (χ1) is 8.72. The number of hydrogen-bond acceptors (Lipinski definition) is 2. The van der Waals surface area contributed by atoms with Crippen LogP contribution in [0, 0.1) is 6.92 Å². The second-order valence-electron chi connectivity index (χ2n) is 4.54. The summed E-state index contributed by atoms with van der Waals surface area (Å²) < 4.78 is 7.09. The molecule has 0 amide bonds. The first-order valence-corrected chi connectivity index (χ1v) is 6.78. The zero-order valence-corrected chi connectivity index (χ0v) is 11.7. The molecule has 2 nitrogen and oxygen atoms in total. The molecule has 3 rings (SSSR count). The number of ether oxygens (including phenoxy) is 1. The van der Waals surface area contributed by atoms with Gasteiger partial charge in [-0.3, -0.25) is 0 Å². The molecule has 0 saturated heterocycles. The summed E-state index contributed by atoms with van der Waals surface area (Å²) in [6.45, 7) is 2.89. The molecule has 3 heteroatoms. The highest BCUT2D eigenvalue weighted by Crippen LogP contribution is 2.35. The largest absolute Gasteiger partial charge is 0.482 e. The maximum Gasteiger partial charge on any atom is 0.143 e. The normalized spacial score (nSPS) is 17.6. The highest BCUT2D eigenvalue weighted by molar-refractivity contribution is 9.10. The molecule has 0 aliphatic carbocycles. The van der Waals surface area contributed by atoms with E-state index in [2.05, 4.69) is 52.4 Å². The standard InChI is InChI=1S/C15H14BrNO/c1-10-2-4-11(5-3-10)15-9-17-13-8-12(16)6-7-14(13)18-15/h2-8,15,17H,9H2,1H3. The molecule has 0 aromatic heterocycles. The molecule has 0 fully saturated rings. The molecule has 1 N–H and O–H groups in total. The van der Waals surface area contributed by atoms with Crippen LogP contribution in [0.2, 0.25) is 0 Å². The van der Waals surface area contributed by atoms with E-state index in [1.165, 1.54) is 11.1 Å². The van der Waals surface area contributed by atoms with Crippen LogP contribution in [-0.2, 0) is 0 Å². The van der Waals surface area contributed by atoms with Gasteiger partial charge in [0.15, 0.2) is 0 Å². The van der Waals surface area contributed by atoms with Gasteiger partial charge < -0.3 is 10.1 Å². The van der Waals surface area contributed by atoms with E-state index in [1.807, 2.05) is 18.2 Å². The Morgan fingerprint density at radius 2 is 1.94 bits per heavy atom. The number of halogens is 1. The molecule has 0 spiro atoms. The first-order valence-electron chi connectivity index (χ1n) is 5.99. The van der Waals surface area contributed by atoms with Crippen molar-refractivity contribution in [2.24, 2.45) is 0 Å². The predicted octanol–water partition coefficient (Wildman–Crippen LogP) is 4.30. The lowest BCUT2D eigenvalue weighted by molar-refractivity contribution is 0.210. The monoisotopic (exact) mass is 303 g/mol. The molecule has 0 bridgehead atoms. The lowest BCUT2D eigenvalue weighted by Gasteiger charge is -2.27. The quantitative estimate of drug-likeness (QED) is 0.848. The molecular weight excluding hydrogens is 290 g/mol. The van der Waals surface area contributed by atoms with Crippen molar-refractivity contribution < 1.29 is 4.74 Å². The number of nitrogens with one attached hydrogen (secondary N) is 1. The van der Waals surface area contributed by atoms with Gasteiger partial charge in [-0.1, -0.05) is 45.8 Å². The fraction of sp³-hybridized carbons (Fsp3) is 0.200. The van der Waals surface area contributed by atoms with Crippen LogP contribution in [0.3, 0.4) is 0 Å². The minimum Gasteiger partial charge on any atom is -0.482 e. The lowest BCUT2D eigenvalue weighted by Crippen LogP contribution is -2.23. The van der Waals surface area contributed by atoms with Gasteiger partial charge in [0.25, 0.3) is 0 Å². The molecule has 1 heterocycles. The second kappa shape index (κ2) is 4.65. The third-order valence-corrected chi connectivity index (χ3v) is 3.63. The van der Waals surface area contributed by atoms with Gasteiger partial charge in [-0.2, -0.15) is 0 Å².